The summed E-state index contributed by atoms with van der Waals surface area (Å²) in [4.78, 5) is 4.11. The van der Waals surface area contributed by atoms with Crippen molar-refractivity contribution in [3.05, 3.63) is 12.7 Å². The van der Waals surface area contributed by atoms with Crippen molar-refractivity contribution >= 4 is 0 Å². The van der Waals surface area contributed by atoms with Gasteiger partial charge in [-0.1, -0.05) is 6.08 Å². The molecular formula is C6H12O2. The van der Waals surface area contributed by atoms with Crippen molar-refractivity contribution in [3.63, 3.8) is 0 Å². The number of rotatable bonds is 3. The molecule has 0 saturated heterocycles. The molecule has 0 aliphatic carbocycles. The Morgan fingerprint density at radius 2 is 2.25 bits per heavy atom. The summed E-state index contributed by atoms with van der Waals surface area (Å²) in [6.07, 6.45) is 2.36. The lowest BCUT2D eigenvalue weighted by molar-refractivity contribution is -0.311. The normalized spacial score (nSPS) is 11.4. The summed E-state index contributed by atoms with van der Waals surface area (Å²) in [6.45, 7) is 7.08. The number of hydrogen-bond acceptors (Lipinski definition) is 2. The monoisotopic (exact) mass is 116 g/mol. The zero-order chi connectivity index (χ0) is 6.62. The topological polar surface area (TPSA) is 29.5 Å². The summed E-state index contributed by atoms with van der Waals surface area (Å²) < 4.78 is 0. The van der Waals surface area contributed by atoms with E-state index in [4.69, 9.17) is 5.26 Å². The van der Waals surface area contributed by atoms with E-state index < -0.39 is 5.60 Å². The zero-order valence-corrected chi connectivity index (χ0v) is 5.35. The van der Waals surface area contributed by atoms with E-state index in [0.717, 1.165) is 0 Å². The predicted molar refractivity (Wildman–Crippen MR) is 32.6 cm³/mol. The van der Waals surface area contributed by atoms with Crippen molar-refractivity contribution in [2.24, 2.45) is 0 Å². The lowest BCUT2D eigenvalue weighted by Crippen LogP contribution is -2.20. The van der Waals surface area contributed by atoms with Crippen molar-refractivity contribution in [2.45, 2.75) is 25.9 Å². The highest BCUT2D eigenvalue weighted by Gasteiger charge is 2.14. The highest BCUT2D eigenvalue weighted by Crippen LogP contribution is 2.11. The van der Waals surface area contributed by atoms with Crippen LogP contribution in [0.5, 0.6) is 0 Å². The standard InChI is InChI=1S/C6H12O2/c1-4-5-6(2,3)8-7/h4,7H,1,5H2,2-3H3. The third kappa shape index (κ3) is 2.77. The van der Waals surface area contributed by atoms with Gasteiger partial charge in [0, 0.05) is 0 Å². The Balaban J connectivity index is 3.53. The summed E-state index contributed by atoms with van der Waals surface area (Å²) >= 11 is 0. The molecule has 0 fully saturated rings. The van der Waals surface area contributed by atoms with Crippen molar-refractivity contribution < 1.29 is 10.1 Å². The predicted octanol–water partition coefficient (Wildman–Crippen LogP) is 1.83. The zero-order valence-electron chi connectivity index (χ0n) is 5.35. The van der Waals surface area contributed by atoms with E-state index in [1.54, 1.807) is 19.9 Å². The molecule has 0 aromatic rings. The second-order valence-corrected chi connectivity index (χ2v) is 2.34. The summed E-state index contributed by atoms with van der Waals surface area (Å²) in [5.41, 5.74) is -0.470. The highest BCUT2D eigenvalue weighted by molar-refractivity contribution is 4.78. The van der Waals surface area contributed by atoms with Crippen LogP contribution in [-0.4, -0.2) is 10.9 Å². The van der Waals surface area contributed by atoms with E-state index >= 15 is 0 Å². The minimum atomic E-state index is -0.470. The average molecular weight is 116 g/mol. The van der Waals surface area contributed by atoms with Crippen molar-refractivity contribution in [3.8, 4) is 0 Å². The Morgan fingerprint density at radius 3 is 2.38 bits per heavy atom. The van der Waals surface area contributed by atoms with Gasteiger partial charge in [0.15, 0.2) is 0 Å². The van der Waals surface area contributed by atoms with Gasteiger partial charge in [-0.25, -0.2) is 4.89 Å². The molecule has 2 nitrogen and oxygen atoms in total. The molecule has 1 N–H and O–H groups in total. The molecule has 0 aliphatic rings. The fraction of sp³-hybridized carbons (Fsp3) is 0.667. The van der Waals surface area contributed by atoms with Crippen LogP contribution in [0.2, 0.25) is 0 Å². The molecule has 0 unspecified atom stereocenters. The molecule has 48 valence electrons. The van der Waals surface area contributed by atoms with E-state index in [-0.39, 0.29) is 0 Å². The maximum absolute atomic E-state index is 8.18. The Kier molecular flexibility index (Phi) is 2.72. The van der Waals surface area contributed by atoms with Gasteiger partial charge in [0.05, 0.1) is 0 Å². The largest absolute Gasteiger partial charge is 0.251 e. The Hall–Kier alpha value is -0.340. The summed E-state index contributed by atoms with van der Waals surface area (Å²) in [7, 11) is 0. The number of hydrogen-bond donors (Lipinski definition) is 1. The maximum atomic E-state index is 8.18. The van der Waals surface area contributed by atoms with Crippen LogP contribution in [0.15, 0.2) is 12.7 Å². The first-order valence-electron chi connectivity index (χ1n) is 2.56. The molecule has 0 saturated carbocycles. The van der Waals surface area contributed by atoms with Gasteiger partial charge < -0.3 is 0 Å². The van der Waals surface area contributed by atoms with Crippen LogP contribution >= 0.6 is 0 Å². The molecule has 0 rings (SSSR count). The molecule has 0 radical (unpaired) electrons. The minimum absolute atomic E-state index is 0.470. The Labute approximate surface area is 49.7 Å². The van der Waals surface area contributed by atoms with Crippen molar-refractivity contribution in [1.82, 2.24) is 0 Å². The first-order valence-corrected chi connectivity index (χ1v) is 2.56. The lowest BCUT2D eigenvalue weighted by atomic mass is 10.1. The molecule has 0 aromatic heterocycles. The van der Waals surface area contributed by atoms with E-state index in [0.29, 0.717) is 6.42 Å². The van der Waals surface area contributed by atoms with E-state index in [1.165, 1.54) is 0 Å². The van der Waals surface area contributed by atoms with Crippen molar-refractivity contribution in [2.75, 3.05) is 0 Å². The molecule has 8 heavy (non-hydrogen) atoms. The highest BCUT2D eigenvalue weighted by atomic mass is 17.1. The van der Waals surface area contributed by atoms with Gasteiger partial charge in [-0.2, -0.15) is 0 Å². The molecule has 0 aliphatic heterocycles. The van der Waals surface area contributed by atoms with Crippen molar-refractivity contribution in [1.29, 1.82) is 0 Å². The van der Waals surface area contributed by atoms with E-state index in [1.807, 2.05) is 0 Å². The van der Waals surface area contributed by atoms with Gasteiger partial charge in [0.25, 0.3) is 0 Å². The van der Waals surface area contributed by atoms with Crippen LogP contribution in [0.1, 0.15) is 20.3 Å². The molecule has 0 aromatic carbocycles. The summed E-state index contributed by atoms with van der Waals surface area (Å²) in [5.74, 6) is 0. The first-order chi connectivity index (χ1) is 3.62. The molecule has 2 heteroatoms. The molecule has 0 heterocycles. The maximum Gasteiger partial charge on any atom is 0.101 e. The van der Waals surface area contributed by atoms with Gasteiger partial charge in [0.1, 0.15) is 5.60 Å². The molecule has 0 bridgehead atoms. The quantitative estimate of drug-likeness (QED) is 0.346. The molecule has 0 atom stereocenters. The van der Waals surface area contributed by atoms with Crippen LogP contribution < -0.4 is 0 Å². The third-order valence-corrected chi connectivity index (χ3v) is 0.883. The summed E-state index contributed by atoms with van der Waals surface area (Å²) in [6, 6.07) is 0. The van der Waals surface area contributed by atoms with Crippen LogP contribution in [-0.2, 0) is 4.89 Å². The van der Waals surface area contributed by atoms with Crippen LogP contribution in [0.4, 0.5) is 0 Å². The second kappa shape index (κ2) is 2.84. The third-order valence-electron chi connectivity index (χ3n) is 0.883. The summed E-state index contributed by atoms with van der Waals surface area (Å²) in [5, 5.41) is 8.18. The van der Waals surface area contributed by atoms with E-state index in [2.05, 4.69) is 11.5 Å². The Morgan fingerprint density at radius 1 is 1.75 bits per heavy atom. The van der Waals surface area contributed by atoms with E-state index in [9.17, 15) is 0 Å². The fourth-order valence-corrected chi connectivity index (χ4v) is 0.385. The van der Waals surface area contributed by atoms with Gasteiger partial charge >= 0.3 is 0 Å². The van der Waals surface area contributed by atoms with Gasteiger partial charge in [-0.15, -0.1) is 6.58 Å². The average Bonchev–Trinajstić information content (AvgIpc) is 1.67. The van der Waals surface area contributed by atoms with Gasteiger partial charge in [-0.05, 0) is 20.3 Å². The molecule has 0 spiro atoms. The SMILES string of the molecule is C=CCC(C)(C)OO. The van der Waals surface area contributed by atoms with Crippen LogP contribution in [0.3, 0.4) is 0 Å². The van der Waals surface area contributed by atoms with Gasteiger partial charge in [0.2, 0.25) is 0 Å². The van der Waals surface area contributed by atoms with Gasteiger partial charge in [-0.3, -0.25) is 5.26 Å². The van der Waals surface area contributed by atoms with Crippen LogP contribution in [0, 0.1) is 0 Å². The lowest BCUT2D eigenvalue weighted by Gasteiger charge is -2.16. The smallest absolute Gasteiger partial charge is 0.101 e. The second-order valence-electron chi connectivity index (χ2n) is 2.34. The first kappa shape index (κ1) is 7.66. The van der Waals surface area contributed by atoms with Crippen LogP contribution in [0.25, 0.3) is 0 Å². The minimum Gasteiger partial charge on any atom is -0.251 e. The fourth-order valence-electron chi connectivity index (χ4n) is 0.385. The molecular weight excluding hydrogens is 104 g/mol. The molecule has 0 amide bonds. The Bertz CT molecular complexity index is 76.6.